The fourth-order valence-electron chi connectivity index (χ4n) is 14.6. The van der Waals surface area contributed by atoms with Crippen LogP contribution in [0, 0.1) is 77.7 Å². The van der Waals surface area contributed by atoms with Gasteiger partial charge in [-0.05, 0) is 342 Å². The van der Waals surface area contributed by atoms with Crippen molar-refractivity contribution in [2.45, 2.75) is 260 Å². The Bertz CT molecular complexity index is 3800. The van der Waals surface area contributed by atoms with Crippen molar-refractivity contribution in [3.05, 3.63) is 74.8 Å². The number of aliphatic hydroxyl groups excluding tert-OH is 2. The summed E-state index contributed by atoms with van der Waals surface area (Å²) in [6, 6.07) is 0.907. The van der Waals surface area contributed by atoms with Crippen molar-refractivity contribution in [3.8, 4) is 0 Å². The molecule has 16 rings (SSSR count). The van der Waals surface area contributed by atoms with E-state index in [2.05, 4.69) is 134 Å². The number of alkyl carbamates (subject to hydrolysis) is 1. The maximum atomic E-state index is 12.1. The highest BCUT2D eigenvalue weighted by molar-refractivity contribution is 14.1. The van der Waals surface area contributed by atoms with Gasteiger partial charge in [0, 0.05) is 49.6 Å². The maximum absolute atomic E-state index is 12.1. The Morgan fingerprint density at radius 1 is 0.565 bits per heavy atom. The third-order valence-corrected chi connectivity index (χ3v) is 25.4. The molecule has 594 valence electrons. The Hall–Kier alpha value is -4.48. The molecule has 5 aromatic heterocycles. The van der Waals surface area contributed by atoms with E-state index >= 15 is 0 Å². The highest BCUT2D eigenvalue weighted by Gasteiger charge is 2.42. The van der Waals surface area contributed by atoms with E-state index in [1.54, 1.807) is 18.5 Å². The van der Waals surface area contributed by atoms with Crippen LogP contribution in [-0.2, 0) is 88.9 Å². The third kappa shape index (κ3) is 25.5. The zero-order valence-electron chi connectivity index (χ0n) is 63.2. The lowest BCUT2D eigenvalue weighted by molar-refractivity contribution is -0.193. The van der Waals surface area contributed by atoms with Crippen LogP contribution in [0.25, 0.3) is 0 Å². The Balaban J connectivity index is 0.000000160. The number of aromatic nitrogens is 10. The van der Waals surface area contributed by atoms with Crippen molar-refractivity contribution in [3.63, 3.8) is 0 Å². The molecule has 5 aromatic rings. The second kappa shape index (κ2) is 41.0. The van der Waals surface area contributed by atoms with Crippen molar-refractivity contribution in [2.24, 2.45) is 64.9 Å². The van der Waals surface area contributed by atoms with Gasteiger partial charge in [0.15, 0.2) is 17.3 Å². The van der Waals surface area contributed by atoms with E-state index in [1.807, 2.05) is 75.3 Å². The number of nitrogens with two attached hydrogens (primary N) is 1. The number of amides is 2. The van der Waals surface area contributed by atoms with Crippen LogP contribution in [0.3, 0.4) is 0 Å². The lowest BCUT2D eigenvalue weighted by atomic mass is 9.92. The average molecular weight is 2060 g/mol. The summed E-state index contributed by atoms with van der Waals surface area (Å²) in [5.74, 6) is 6.58. The van der Waals surface area contributed by atoms with Crippen LogP contribution in [-0.4, -0.2) is 155 Å². The molecular formula is C75H105I5N14O14. The number of hydrogen-bond donors (Lipinski definition) is 7. The van der Waals surface area contributed by atoms with Crippen molar-refractivity contribution < 1.29 is 68.0 Å². The first-order valence-corrected chi connectivity index (χ1v) is 43.2. The second-order valence-corrected chi connectivity index (χ2v) is 36.2. The smallest absolute Gasteiger partial charge is 0.407 e. The highest BCUT2D eigenvalue weighted by Crippen LogP contribution is 2.44. The number of carboxylic acids is 1. The summed E-state index contributed by atoms with van der Waals surface area (Å²) in [6.07, 6.45) is 24.4. The van der Waals surface area contributed by atoms with Crippen LogP contribution in [0.1, 0.15) is 245 Å². The zero-order valence-corrected chi connectivity index (χ0v) is 73.9. The largest absolute Gasteiger partial charge is 0.478 e. The van der Waals surface area contributed by atoms with E-state index in [0.29, 0.717) is 67.1 Å². The zero-order chi connectivity index (χ0) is 79.2. The number of carbonyl (C=O) groups is 6. The molecule has 33 heteroatoms. The molecule has 0 saturated heterocycles. The Morgan fingerprint density at radius 3 is 1.41 bits per heavy atom. The minimum Gasteiger partial charge on any atom is -0.478 e. The molecule has 0 radical (unpaired) electrons. The van der Waals surface area contributed by atoms with Crippen LogP contribution in [0.15, 0.2) is 0 Å². The van der Waals surface area contributed by atoms with Crippen LogP contribution in [0.4, 0.5) is 4.79 Å². The lowest BCUT2D eigenvalue weighted by Crippen LogP contribution is -2.46. The van der Waals surface area contributed by atoms with Gasteiger partial charge in [0.1, 0.15) is 35.4 Å². The van der Waals surface area contributed by atoms with Gasteiger partial charge in [-0.1, -0.05) is 20.8 Å². The van der Waals surface area contributed by atoms with Gasteiger partial charge in [0.05, 0.1) is 72.1 Å². The summed E-state index contributed by atoms with van der Waals surface area (Å²) >= 11 is 10.7. The predicted molar refractivity (Wildman–Crippen MR) is 440 cm³/mol. The van der Waals surface area contributed by atoms with Gasteiger partial charge in [-0.3, -0.25) is 42.6 Å². The standard InChI is InChI=1S/C17H28IN3O2.C12H15IN2O.C11H12IN3O2.C11H14IN3O.C11H13IN2O2.C6H12O.C5H11NO.2CO2/c1-6-12-14(7-2)21(20-15(12)18)10-13(11-8-9-11)19-16(22)23-17(3,4)5;1-7(16)11-10-5-4-9(8-2-3-8)6-15(10)14-12(11)13;1-5(16)8-9-11(17)13-7(6-2-3-6)4-15(9)14-10(8)12;1-6(16)10-9-4-13-8(7-2-3-7)5-15(9)14-11(10)12;12-10-9(11(15)16)8-4-3-7(6-1-2-6)5-14(8)13-10;1-5(4-7)6-2-3-6;6-5(3-7)4-1-2-4;2*2-1-3/h11,13H,6-10H2,1-5H3,(H,19,22);8-9H,2-6H2,1H3;6-7H,2-4H2,1H3,(H,13,17);7-8,13H,2-5H2,1H3;6-7H,1-5H2,(H,15,16);5-7H,2-4H2,1H3;4-5,7H,1-3,6H2;;. The summed E-state index contributed by atoms with van der Waals surface area (Å²) in [5.41, 5.74) is 13.7. The van der Waals surface area contributed by atoms with Gasteiger partial charge in [-0.15, -0.1) is 0 Å². The number of nitrogens with zero attached hydrogens (tertiary/aromatic N) is 10. The van der Waals surface area contributed by atoms with Crippen LogP contribution in [0.5, 0.6) is 0 Å². The molecule has 7 unspecified atom stereocenters. The lowest BCUT2D eigenvalue weighted by Gasteiger charge is -2.25. The molecule has 0 spiro atoms. The van der Waals surface area contributed by atoms with Gasteiger partial charge >= 0.3 is 24.4 Å². The molecule has 7 atom stereocenters. The summed E-state index contributed by atoms with van der Waals surface area (Å²) in [4.78, 5) is 102. The Morgan fingerprint density at radius 2 is 1.00 bits per heavy atom. The van der Waals surface area contributed by atoms with E-state index in [4.69, 9.17) is 50.1 Å². The number of ketones is 3. The maximum Gasteiger partial charge on any atom is 0.407 e. The number of ether oxygens (including phenoxy) is 1. The fraction of sp³-hybridized carbons (Fsp3) is 0.693. The molecule has 0 aromatic carbocycles. The molecule has 8 N–H and O–H groups in total. The first-order chi connectivity index (χ1) is 51.3. The summed E-state index contributed by atoms with van der Waals surface area (Å²) in [6.45, 7) is 22.4. The number of fused-ring (bicyclic) bond motifs is 4. The average Bonchev–Trinajstić information content (AvgIpc) is 1.66. The minimum atomic E-state index is -0.837. The molecule has 108 heavy (non-hydrogen) atoms. The topological polar surface area (TPSA) is 392 Å². The Kier molecular flexibility index (Phi) is 33.8. The van der Waals surface area contributed by atoms with Gasteiger partial charge in [-0.2, -0.15) is 44.7 Å². The number of halogens is 5. The summed E-state index contributed by atoms with van der Waals surface area (Å²) < 4.78 is 19.3. The molecule has 2 amide bonds. The number of aliphatic hydroxyl groups is 2. The van der Waals surface area contributed by atoms with Crippen molar-refractivity contribution in [2.75, 3.05) is 13.2 Å². The number of hydrogen-bond acceptors (Lipinski definition) is 20. The van der Waals surface area contributed by atoms with Gasteiger partial charge in [0.25, 0.3) is 5.91 Å². The molecule has 9 heterocycles. The molecule has 28 nitrogen and oxygen atoms in total. The molecular weight excluding hydrogens is 1960 g/mol. The number of nitrogens with one attached hydrogen (secondary N) is 3. The van der Waals surface area contributed by atoms with E-state index in [-0.39, 0.29) is 66.4 Å². The van der Waals surface area contributed by atoms with E-state index in [0.717, 1.165) is 134 Å². The van der Waals surface area contributed by atoms with Crippen LogP contribution in [0.2, 0.25) is 0 Å². The van der Waals surface area contributed by atoms with Gasteiger partial charge < -0.3 is 41.7 Å². The monoisotopic (exact) mass is 2060 g/mol. The summed E-state index contributed by atoms with van der Waals surface area (Å²) in [5, 5.41) is 58.0. The van der Waals surface area contributed by atoms with Crippen LogP contribution < -0.4 is 21.7 Å². The van der Waals surface area contributed by atoms with E-state index in [1.165, 1.54) is 120 Å². The van der Waals surface area contributed by atoms with Gasteiger partial charge in [0.2, 0.25) is 0 Å². The van der Waals surface area contributed by atoms with E-state index in [9.17, 15) is 28.8 Å². The third-order valence-electron chi connectivity index (χ3n) is 21.5. The first-order valence-electron chi connectivity index (χ1n) is 37.9. The SMILES string of the molecule is CC(=O)c1c(I)nn2c1C(=O)NC(C1CC1)C2.CC(=O)c1c(I)nn2c1CCC(C1CC1)C2.CC(=O)c1c(I)nn2c1CNC(C1CC1)C2.CC(CO)C1CC1.CCc1c(I)nn(CC(NC(=O)OC(C)(C)C)C2CC2)c1CC.NC(CO)C1CC1.O=C(O)c1c(I)nn2c1CCC(C1CC1)C2.O=C=O.O=C=O. The number of Topliss-reactive ketones (excluding diaryl/α,β-unsaturated/α-hetero) is 3. The highest BCUT2D eigenvalue weighted by atomic mass is 127. The molecule has 7 aliphatic carbocycles. The van der Waals surface area contributed by atoms with Crippen LogP contribution >= 0.6 is 113 Å². The fourth-order valence-corrected chi connectivity index (χ4v) is 19.2. The van der Waals surface area contributed by atoms with Crippen molar-refractivity contribution in [1.29, 1.82) is 0 Å². The van der Waals surface area contributed by atoms with Crippen molar-refractivity contribution in [1.82, 2.24) is 64.9 Å². The number of aromatic carboxylic acids is 1. The minimum absolute atomic E-state index is 0.0694. The molecule has 7 fully saturated rings. The van der Waals surface area contributed by atoms with E-state index < -0.39 is 11.6 Å². The Labute approximate surface area is 699 Å². The number of rotatable bonds is 18. The second-order valence-electron chi connectivity index (χ2n) is 31.1. The molecule has 4 aliphatic heterocycles. The van der Waals surface area contributed by atoms with Crippen molar-refractivity contribution >= 4 is 161 Å². The molecule has 0 bridgehead atoms. The first kappa shape index (κ1) is 89.1. The normalized spacial score (nSPS) is 21.2. The van der Waals surface area contributed by atoms with Gasteiger partial charge in [-0.25, -0.2) is 9.59 Å². The quantitative estimate of drug-likeness (QED) is 0.0316. The predicted octanol–water partition coefficient (Wildman–Crippen LogP) is 11.1. The number of carboxylic acid groups (broad SMARTS) is 1. The molecule has 11 aliphatic rings. The summed E-state index contributed by atoms with van der Waals surface area (Å²) in [7, 11) is 0. The number of carbonyl (C=O) groups excluding carboxylic acids is 9. The molecule has 7 saturated carbocycles.